The molecule has 0 saturated heterocycles. The highest BCUT2D eigenvalue weighted by atomic mass is 16.7. The quantitative estimate of drug-likeness (QED) is 0.728. The van der Waals surface area contributed by atoms with Crippen LogP contribution >= 0.6 is 0 Å². The summed E-state index contributed by atoms with van der Waals surface area (Å²) in [6.45, 7) is 0.889. The van der Waals surface area contributed by atoms with Gasteiger partial charge in [-0.05, 0) is 24.8 Å². The molecule has 4 nitrogen and oxygen atoms in total. The molecule has 3 rings (SSSR count). The Morgan fingerprint density at radius 2 is 2.06 bits per heavy atom. The van der Waals surface area contributed by atoms with E-state index in [1.54, 1.807) is 12.1 Å². The lowest BCUT2D eigenvalue weighted by Crippen LogP contribution is -2.01. The van der Waals surface area contributed by atoms with E-state index in [0.29, 0.717) is 35.3 Å². The number of hydrogen-bond acceptors (Lipinski definition) is 4. The van der Waals surface area contributed by atoms with E-state index >= 15 is 0 Å². The minimum atomic E-state index is 0.208. The fraction of sp³-hybridized carbons (Fsp3) is 0.417. The molecule has 1 aromatic carbocycles. The van der Waals surface area contributed by atoms with Crippen molar-refractivity contribution in [3.8, 4) is 17.2 Å². The van der Waals surface area contributed by atoms with Gasteiger partial charge < -0.3 is 14.2 Å². The van der Waals surface area contributed by atoms with E-state index in [1.807, 2.05) is 0 Å². The number of ether oxygens (including phenoxy) is 3. The molecule has 16 heavy (non-hydrogen) atoms. The highest BCUT2D eigenvalue weighted by Crippen LogP contribution is 2.38. The van der Waals surface area contributed by atoms with Crippen LogP contribution in [0.1, 0.15) is 23.2 Å². The number of carbonyl (C=O) groups is 1. The van der Waals surface area contributed by atoms with Gasteiger partial charge in [0.05, 0.1) is 12.2 Å². The zero-order valence-corrected chi connectivity index (χ0v) is 8.77. The summed E-state index contributed by atoms with van der Waals surface area (Å²) in [4.78, 5) is 10.9. The second-order valence-corrected chi connectivity index (χ2v) is 4.12. The van der Waals surface area contributed by atoms with E-state index in [1.165, 1.54) is 12.8 Å². The second-order valence-electron chi connectivity index (χ2n) is 4.12. The fourth-order valence-electron chi connectivity index (χ4n) is 1.65. The number of fused-ring (bicyclic) bond motifs is 1. The summed E-state index contributed by atoms with van der Waals surface area (Å²) in [6, 6.07) is 3.39. The first-order valence-corrected chi connectivity index (χ1v) is 5.38. The molecule has 1 heterocycles. The Morgan fingerprint density at radius 1 is 1.31 bits per heavy atom. The highest BCUT2D eigenvalue weighted by Gasteiger charge is 2.23. The number of rotatable bonds is 4. The molecule has 0 spiro atoms. The van der Waals surface area contributed by atoms with Crippen LogP contribution in [0.25, 0.3) is 0 Å². The monoisotopic (exact) mass is 220 g/mol. The summed E-state index contributed by atoms with van der Waals surface area (Å²) >= 11 is 0. The van der Waals surface area contributed by atoms with Crippen LogP contribution in [-0.2, 0) is 0 Å². The van der Waals surface area contributed by atoms with Gasteiger partial charge in [0.2, 0.25) is 6.79 Å². The molecule has 0 atom stereocenters. The van der Waals surface area contributed by atoms with Crippen molar-refractivity contribution >= 4 is 6.29 Å². The van der Waals surface area contributed by atoms with Gasteiger partial charge in [-0.1, -0.05) is 0 Å². The molecule has 1 aliphatic heterocycles. The van der Waals surface area contributed by atoms with Gasteiger partial charge in [-0.25, -0.2) is 0 Å². The third-order valence-corrected chi connectivity index (χ3v) is 2.80. The van der Waals surface area contributed by atoms with E-state index < -0.39 is 0 Å². The summed E-state index contributed by atoms with van der Waals surface area (Å²) < 4.78 is 16.1. The number of benzene rings is 1. The molecule has 1 fully saturated rings. The summed E-state index contributed by atoms with van der Waals surface area (Å²) in [6.07, 6.45) is 3.23. The molecule has 0 unspecified atom stereocenters. The van der Waals surface area contributed by atoms with Gasteiger partial charge in [-0.2, -0.15) is 0 Å². The standard InChI is InChI=1S/C12H12O4/c13-5-9-3-11-12(16-7-15-11)4-10(9)14-6-8-1-2-8/h3-5,8H,1-2,6-7H2. The van der Waals surface area contributed by atoms with Crippen molar-refractivity contribution in [2.75, 3.05) is 13.4 Å². The summed E-state index contributed by atoms with van der Waals surface area (Å²) in [7, 11) is 0. The van der Waals surface area contributed by atoms with Crippen LogP contribution in [-0.4, -0.2) is 19.7 Å². The molecule has 84 valence electrons. The van der Waals surface area contributed by atoms with Gasteiger partial charge in [0.1, 0.15) is 5.75 Å². The van der Waals surface area contributed by atoms with Crippen molar-refractivity contribution in [3.63, 3.8) is 0 Å². The van der Waals surface area contributed by atoms with Crippen molar-refractivity contribution in [2.45, 2.75) is 12.8 Å². The van der Waals surface area contributed by atoms with Crippen molar-refractivity contribution < 1.29 is 19.0 Å². The minimum Gasteiger partial charge on any atom is -0.492 e. The topological polar surface area (TPSA) is 44.8 Å². The average molecular weight is 220 g/mol. The summed E-state index contributed by atoms with van der Waals surface area (Å²) in [5.74, 6) is 2.51. The van der Waals surface area contributed by atoms with Gasteiger partial charge in [0, 0.05) is 6.07 Å². The van der Waals surface area contributed by atoms with Gasteiger partial charge in [-0.3, -0.25) is 4.79 Å². The second kappa shape index (κ2) is 3.70. The predicted octanol–water partition coefficient (Wildman–Crippen LogP) is 2.02. The van der Waals surface area contributed by atoms with Crippen LogP contribution in [0.5, 0.6) is 17.2 Å². The van der Waals surface area contributed by atoms with Gasteiger partial charge in [-0.15, -0.1) is 0 Å². The molecular formula is C12H12O4. The van der Waals surface area contributed by atoms with E-state index in [2.05, 4.69) is 0 Å². The SMILES string of the molecule is O=Cc1cc2c(cc1OCC1CC1)OCO2. The van der Waals surface area contributed by atoms with Crippen LogP contribution in [0, 0.1) is 5.92 Å². The molecule has 4 heteroatoms. The largest absolute Gasteiger partial charge is 0.492 e. The number of carbonyl (C=O) groups excluding carboxylic acids is 1. The maximum atomic E-state index is 10.9. The van der Waals surface area contributed by atoms with Gasteiger partial charge in [0.15, 0.2) is 17.8 Å². The van der Waals surface area contributed by atoms with Crippen LogP contribution in [0.4, 0.5) is 0 Å². The molecular weight excluding hydrogens is 208 g/mol. The van der Waals surface area contributed by atoms with Crippen LogP contribution in [0.2, 0.25) is 0 Å². The third-order valence-electron chi connectivity index (χ3n) is 2.80. The van der Waals surface area contributed by atoms with E-state index in [9.17, 15) is 4.79 Å². The third kappa shape index (κ3) is 1.71. The van der Waals surface area contributed by atoms with Gasteiger partial charge in [0.25, 0.3) is 0 Å². The zero-order chi connectivity index (χ0) is 11.0. The predicted molar refractivity (Wildman–Crippen MR) is 56.2 cm³/mol. The normalized spacial score (nSPS) is 17.2. The zero-order valence-electron chi connectivity index (χ0n) is 8.77. The Morgan fingerprint density at radius 3 is 2.75 bits per heavy atom. The molecule has 0 aromatic heterocycles. The van der Waals surface area contributed by atoms with Crippen LogP contribution in [0.15, 0.2) is 12.1 Å². The maximum absolute atomic E-state index is 10.9. The van der Waals surface area contributed by atoms with Crippen molar-refractivity contribution in [2.24, 2.45) is 5.92 Å². The molecule has 0 amide bonds. The summed E-state index contributed by atoms with van der Waals surface area (Å²) in [5, 5.41) is 0. The fourth-order valence-corrected chi connectivity index (χ4v) is 1.65. The number of hydrogen-bond donors (Lipinski definition) is 0. The Labute approximate surface area is 93.1 Å². The smallest absolute Gasteiger partial charge is 0.231 e. The minimum absolute atomic E-state index is 0.208. The molecule has 0 N–H and O–H groups in total. The van der Waals surface area contributed by atoms with E-state index in [0.717, 1.165) is 6.29 Å². The van der Waals surface area contributed by atoms with Crippen molar-refractivity contribution in [1.82, 2.24) is 0 Å². The Bertz CT molecular complexity index is 423. The first kappa shape index (κ1) is 9.51. The molecule has 1 aliphatic carbocycles. The van der Waals surface area contributed by atoms with E-state index in [-0.39, 0.29) is 6.79 Å². The molecule has 2 aliphatic rings. The van der Waals surface area contributed by atoms with Crippen molar-refractivity contribution in [1.29, 1.82) is 0 Å². The van der Waals surface area contributed by atoms with Gasteiger partial charge >= 0.3 is 0 Å². The average Bonchev–Trinajstić information content (AvgIpc) is 3.02. The summed E-state index contributed by atoms with van der Waals surface area (Å²) in [5.41, 5.74) is 0.518. The van der Waals surface area contributed by atoms with Crippen LogP contribution < -0.4 is 14.2 Å². The lowest BCUT2D eigenvalue weighted by molar-refractivity contribution is 0.111. The lowest BCUT2D eigenvalue weighted by Gasteiger charge is -2.08. The Balaban J connectivity index is 1.85. The van der Waals surface area contributed by atoms with Crippen molar-refractivity contribution in [3.05, 3.63) is 17.7 Å². The number of aldehydes is 1. The lowest BCUT2D eigenvalue weighted by atomic mass is 10.2. The molecule has 1 saturated carbocycles. The molecule has 1 aromatic rings. The molecule has 0 bridgehead atoms. The maximum Gasteiger partial charge on any atom is 0.231 e. The first-order chi connectivity index (χ1) is 7.86. The highest BCUT2D eigenvalue weighted by molar-refractivity contribution is 5.81. The Hall–Kier alpha value is -1.71. The molecule has 0 radical (unpaired) electrons. The van der Waals surface area contributed by atoms with Crippen LogP contribution in [0.3, 0.4) is 0 Å². The Kier molecular flexibility index (Phi) is 2.20. The first-order valence-electron chi connectivity index (χ1n) is 5.38. The van der Waals surface area contributed by atoms with E-state index in [4.69, 9.17) is 14.2 Å².